The summed E-state index contributed by atoms with van der Waals surface area (Å²) in [7, 11) is 1.64. The van der Waals surface area contributed by atoms with Crippen LogP contribution < -0.4 is 10.1 Å². The molecule has 2 atom stereocenters. The molecule has 6 heteroatoms. The molecule has 1 rings (SSSR count). The van der Waals surface area contributed by atoms with Gasteiger partial charge in [0, 0.05) is 30.8 Å². The summed E-state index contributed by atoms with van der Waals surface area (Å²) in [5.74, 6) is 0.471. The van der Waals surface area contributed by atoms with Crippen LogP contribution in [0.5, 0.6) is 5.75 Å². The number of rotatable bonds is 8. The lowest BCUT2D eigenvalue weighted by atomic mass is 10.3. The van der Waals surface area contributed by atoms with E-state index in [1.54, 1.807) is 25.3 Å². The SMILES string of the molecule is COC[C@@H](C)NC[C@@H](O)COc1cc(Cl)ccc1Cl. The molecule has 1 aromatic carbocycles. The second-order valence-corrected chi connectivity index (χ2v) is 5.15. The van der Waals surface area contributed by atoms with Gasteiger partial charge in [-0.3, -0.25) is 0 Å². The van der Waals surface area contributed by atoms with E-state index in [-0.39, 0.29) is 12.6 Å². The standard InChI is InChI=1S/C13H19Cl2NO3/c1-9(7-18-2)16-6-11(17)8-19-13-5-10(14)3-4-12(13)15/h3-5,9,11,16-17H,6-8H2,1-2H3/t9-,11-/m1/s1. The third-order valence-electron chi connectivity index (χ3n) is 2.44. The second kappa shape index (κ2) is 8.61. The van der Waals surface area contributed by atoms with Gasteiger partial charge in [-0.2, -0.15) is 0 Å². The first kappa shape index (κ1) is 16.5. The number of methoxy groups -OCH3 is 1. The van der Waals surface area contributed by atoms with Gasteiger partial charge in [-0.25, -0.2) is 0 Å². The number of benzene rings is 1. The summed E-state index contributed by atoms with van der Waals surface area (Å²) < 4.78 is 10.4. The Hall–Kier alpha value is -0.520. The predicted molar refractivity (Wildman–Crippen MR) is 77.3 cm³/mol. The van der Waals surface area contributed by atoms with Crippen LogP contribution in [0.25, 0.3) is 0 Å². The third-order valence-corrected chi connectivity index (χ3v) is 2.99. The van der Waals surface area contributed by atoms with Gasteiger partial charge in [-0.05, 0) is 19.1 Å². The van der Waals surface area contributed by atoms with Crippen molar-refractivity contribution >= 4 is 23.2 Å². The molecule has 0 spiro atoms. The lowest BCUT2D eigenvalue weighted by Gasteiger charge is -2.17. The van der Waals surface area contributed by atoms with Crippen LogP contribution in [0.4, 0.5) is 0 Å². The zero-order valence-corrected chi connectivity index (χ0v) is 12.5. The minimum Gasteiger partial charge on any atom is -0.489 e. The van der Waals surface area contributed by atoms with Crippen LogP contribution in [0.15, 0.2) is 18.2 Å². The van der Waals surface area contributed by atoms with E-state index in [0.717, 1.165) is 0 Å². The second-order valence-electron chi connectivity index (χ2n) is 4.30. The van der Waals surface area contributed by atoms with E-state index in [0.29, 0.717) is 28.9 Å². The number of nitrogens with one attached hydrogen (secondary N) is 1. The van der Waals surface area contributed by atoms with Gasteiger partial charge >= 0.3 is 0 Å². The normalized spacial score (nSPS) is 14.2. The van der Waals surface area contributed by atoms with E-state index in [9.17, 15) is 5.11 Å². The van der Waals surface area contributed by atoms with Crippen LogP contribution in [0.2, 0.25) is 10.0 Å². The summed E-state index contributed by atoms with van der Waals surface area (Å²) in [6.07, 6.45) is -0.630. The Kier molecular flexibility index (Phi) is 7.49. The summed E-state index contributed by atoms with van der Waals surface area (Å²) in [5, 5.41) is 13.9. The van der Waals surface area contributed by atoms with Crippen molar-refractivity contribution in [3.63, 3.8) is 0 Å². The monoisotopic (exact) mass is 307 g/mol. The molecule has 0 amide bonds. The molecular weight excluding hydrogens is 289 g/mol. The molecule has 0 radical (unpaired) electrons. The topological polar surface area (TPSA) is 50.7 Å². The van der Waals surface area contributed by atoms with E-state index in [4.69, 9.17) is 32.7 Å². The van der Waals surface area contributed by atoms with Crippen LogP contribution in [0.1, 0.15) is 6.92 Å². The van der Waals surface area contributed by atoms with Gasteiger partial charge in [0.05, 0.1) is 11.6 Å². The van der Waals surface area contributed by atoms with E-state index in [2.05, 4.69) is 5.32 Å². The van der Waals surface area contributed by atoms with Crippen LogP contribution in [-0.2, 0) is 4.74 Å². The van der Waals surface area contributed by atoms with Crippen molar-refractivity contribution in [2.24, 2.45) is 0 Å². The highest BCUT2D eigenvalue weighted by molar-refractivity contribution is 6.34. The average Bonchev–Trinajstić information content (AvgIpc) is 2.38. The summed E-state index contributed by atoms with van der Waals surface area (Å²) in [6, 6.07) is 5.14. The zero-order chi connectivity index (χ0) is 14.3. The molecule has 0 aliphatic carbocycles. The molecule has 19 heavy (non-hydrogen) atoms. The first-order chi connectivity index (χ1) is 9.02. The van der Waals surface area contributed by atoms with E-state index in [1.807, 2.05) is 6.92 Å². The number of aliphatic hydroxyl groups is 1. The maximum Gasteiger partial charge on any atom is 0.139 e. The highest BCUT2D eigenvalue weighted by Gasteiger charge is 2.09. The van der Waals surface area contributed by atoms with Crippen LogP contribution in [-0.4, -0.2) is 44.1 Å². The highest BCUT2D eigenvalue weighted by Crippen LogP contribution is 2.27. The van der Waals surface area contributed by atoms with Crippen molar-refractivity contribution in [1.29, 1.82) is 0 Å². The van der Waals surface area contributed by atoms with Crippen molar-refractivity contribution in [2.45, 2.75) is 19.1 Å². The number of ether oxygens (including phenoxy) is 2. The van der Waals surface area contributed by atoms with Crippen LogP contribution in [0.3, 0.4) is 0 Å². The molecule has 1 aromatic rings. The van der Waals surface area contributed by atoms with Gasteiger partial charge < -0.3 is 19.9 Å². The van der Waals surface area contributed by atoms with Gasteiger partial charge in [-0.1, -0.05) is 23.2 Å². The number of aliphatic hydroxyl groups excluding tert-OH is 1. The first-order valence-electron chi connectivity index (χ1n) is 6.01. The summed E-state index contributed by atoms with van der Waals surface area (Å²) >= 11 is 11.8. The molecule has 4 nitrogen and oxygen atoms in total. The lowest BCUT2D eigenvalue weighted by Crippen LogP contribution is -2.38. The third kappa shape index (κ3) is 6.45. The smallest absolute Gasteiger partial charge is 0.139 e. The molecular formula is C13H19Cl2NO3. The Balaban J connectivity index is 2.33. The molecule has 0 aliphatic rings. The lowest BCUT2D eigenvalue weighted by molar-refractivity contribution is 0.0973. The quantitative estimate of drug-likeness (QED) is 0.774. The molecule has 108 valence electrons. The molecule has 0 unspecified atom stereocenters. The van der Waals surface area contributed by atoms with Gasteiger partial charge in [0.1, 0.15) is 18.5 Å². The molecule has 0 bridgehead atoms. The van der Waals surface area contributed by atoms with E-state index in [1.165, 1.54) is 0 Å². The van der Waals surface area contributed by atoms with Gasteiger partial charge in [-0.15, -0.1) is 0 Å². The van der Waals surface area contributed by atoms with Crippen molar-refractivity contribution in [2.75, 3.05) is 26.9 Å². The fraction of sp³-hybridized carbons (Fsp3) is 0.538. The Morgan fingerprint density at radius 1 is 1.32 bits per heavy atom. The Morgan fingerprint density at radius 2 is 2.05 bits per heavy atom. The minimum absolute atomic E-state index is 0.146. The van der Waals surface area contributed by atoms with Gasteiger partial charge in [0.15, 0.2) is 0 Å². The maximum atomic E-state index is 9.78. The molecule has 0 aliphatic heterocycles. The number of hydrogen-bond donors (Lipinski definition) is 2. The van der Waals surface area contributed by atoms with E-state index >= 15 is 0 Å². The largest absolute Gasteiger partial charge is 0.489 e. The summed E-state index contributed by atoms with van der Waals surface area (Å²) in [5.41, 5.74) is 0. The molecule has 0 saturated heterocycles. The zero-order valence-electron chi connectivity index (χ0n) is 11.0. The maximum absolute atomic E-state index is 9.78. The average molecular weight is 308 g/mol. The molecule has 2 N–H and O–H groups in total. The van der Waals surface area contributed by atoms with Gasteiger partial charge in [0.2, 0.25) is 0 Å². The van der Waals surface area contributed by atoms with E-state index < -0.39 is 6.10 Å². The first-order valence-corrected chi connectivity index (χ1v) is 6.76. The molecule has 0 aromatic heterocycles. The summed E-state index contributed by atoms with van der Waals surface area (Å²) in [6.45, 7) is 3.13. The van der Waals surface area contributed by atoms with Crippen LogP contribution >= 0.6 is 23.2 Å². The highest BCUT2D eigenvalue weighted by atomic mass is 35.5. The van der Waals surface area contributed by atoms with Crippen molar-refractivity contribution in [3.05, 3.63) is 28.2 Å². The van der Waals surface area contributed by atoms with Gasteiger partial charge in [0.25, 0.3) is 0 Å². The Labute approximate surface area is 123 Å². The van der Waals surface area contributed by atoms with Crippen molar-refractivity contribution < 1.29 is 14.6 Å². The molecule has 0 fully saturated rings. The Bertz CT molecular complexity index is 390. The van der Waals surface area contributed by atoms with Crippen molar-refractivity contribution in [1.82, 2.24) is 5.32 Å². The minimum atomic E-state index is -0.630. The molecule has 0 saturated carbocycles. The summed E-state index contributed by atoms with van der Waals surface area (Å²) in [4.78, 5) is 0. The fourth-order valence-electron chi connectivity index (χ4n) is 1.48. The predicted octanol–water partition coefficient (Wildman–Crippen LogP) is 2.36. The Morgan fingerprint density at radius 3 is 2.74 bits per heavy atom. The fourth-order valence-corrected chi connectivity index (χ4v) is 1.81. The van der Waals surface area contributed by atoms with Crippen molar-refractivity contribution in [3.8, 4) is 5.75 Å². The number of halogens is 2. The number of hydrogen-bond acceptors (Lipinski definition) is 4. The van der Waals surface area contributed by atoms with Crippen LogP contribution in [0, 0.1) is 0 Å². The molecule has 0 heterocycles.